The van der Waals surface area contributed by atoms with Crippen LogP contribution in [0.25, 0.3) is 0 Å². The first-order valence-corrected chi connectivity index (χ1v) is 7.07. The summed E-state index contributed by atoms with van der Waals surface area (Å²) >= 11 is 0. The Morgan fingerprint density at radius 2 is 2.00 bits per heavy atom. The van der Waals surface area contributed by atoms with Gasteiger partial charge in [-0.3, -0.25) is 9.69 Å². The van der Waals surface area contributed by atoms with Crippen molar-refractivity contribution in [1.29, 1.82) is 10.5 Å². The Balaban J connectivity index is 2.38. The summed E-state index contributed by atoms with van der Waals surface area (Å²) in [6.45, 7) is 3.74. The van der Waals surface area contributed by atoms with Gasteiger partial charge in [-0.15, -0.1) is 0 Å². The van der Waals surface area contributed by atoms with E-state index in [1.54, 1.807) is 0 Å². The summed E-state index contributed by atoms with van der Waals surface area (Å²) in [6, 6.07) is 3.83. The first-order valence-electron chi connectivity index (χ1n) is 7.07. The molecular formula is C14H23N5O2. The van der Waals surface area contributed by atoms with E-state index in [9.17, 15) is 4.79 Å². The van der Waals surface area contributed by atoms with Crippen molar-refractivity contribution in [2.75, 3.05) is 60.0 Å². The molecule has 0 aromatic heterocycles. The fourth-order valence-corrected chi connectivity index (χ4v) is 2.32. The molecule has 0 aromatic rings. The van der Waals surface area contributed by atoms with E-state index < -0.39 is 0 Å². The Labute approximate surface area is 126 Å². The molecule has 1 atom stereocenters. The van der Waals surface area contributed by atoms with Gasteiger partial charge in [-0.05, 0) is 14.1 Å². The van der Waals surface area contributed by atoms with Crippen molar-refractivity contribution in [1.82, 2.24) is 14.7 Å². The average Bonchev–Trinajstić information content (AvgIpc) is 2.44. The molecule has 0 spiro atoms. The maximum atomic E-state index is 12.0. The van der Waals surface area contributed by atoms with Crippen LogP contribution >= 0.6 is 0 Å². The normalized spacial score (nSPS) is 19.0. The Hall–Kier alpha value is -1.67. The topological polar surface area (TPSA) is 83.6 Å². The van der Waals surface area contributed by atoms with Crippen LogP contribution < -0.4 is 0 Å². The van der Waals surface area contributed by atoms with Crippen LogP contribution in [-0.2, 0) is 9.53 Å². The quantitative estimate of drug-likeness (QED) is 0.589. The molecule has 0 aliphatic carbocycles. The predicted molar refractivity (Wildman–Crippen MR) is 77.2 cm³/mol. The number of ether oxygens (including phenoxy) is 1. The zero-order valence-corrected chi connectivity index (χ0v) is 12.8. The number of nitriles is 2. The molecular weight excluding hydrogens is 270 g/mol. The van der Waals surface area contributed by atoms with Crippen molar-refractivity contribution < 1.29 is 9.53 Å². The van der Waals surface area contributed by atoms with Crippen molar-refractivity contribution in [2.24, 2.45) is 0 Å². The monoisotopic (exact) mass is 293 g/mol. The number of nitrogens with zero attached hydrogens (tertiary/aromatic N) is 5. The van der Waals surface area contributed by atoms with Crippen molar-refractivity contribution in [2.45, 2.75) is 12.5 Å². The van der Waals surface area contributed by atoms with Gasteiger partial charge >= 0.3 is 0 Å². The number of rotatable bonds is 7. The number of amides is 1. The van der Waals surface area contributed by atoms with E-state index in [0.717, 1.165) is 19.6 Å². The molecule has 1 rings (SSSR count). The molecule has 7 heteroatoms. The summed E-state index contributed by atoms with van der Waals surface area (Å²) in [7, 11) is 4.01. The van der Waals surface area contributed by atoms with Gasteiger partial charge in [-0.1, -0.05) is 0 Å². The van der Waals surface area contributed by atoms with Crippen LogP contribution in [0.15, 0.2) is 0 Å². The molecule has 116 valence electrons. The highest BCUT2D eigenvalue weighted by molar-refractivity contribution is 5.76. The molecule has 0 radical (unpaired) electrons. The molecule has 1 aliphatic rings. The van der Waals surface area contributed by atoms with Crippen molar-refractivity contribution in [3.63, 3.8) is 0 Å². The molecule has 21 heavy (non-hydrogen) atoms. The molecule has 7 nitrogen and oxygen atoms in total. The molecule has 1 heterocycles. The van der Waals surface area contributed by atoms with Crippen LogP contribution in [0.5, 0.6) is 0 Å². The lowest BCUT2D eigenvalue weighted by molar-refractivity contribution is -0.130. The smallest absolute Gasteiger partial charge is 0.225 e. The second-order valence-corrected chi connectivity index (χ2v) is 5.37. The highest BCUT2D eigenvalue weighted by atomic mass is 16.5. The lowest BCUT2D eigenvalue weighted by Gasteiger charge is -2.34. The number of carbonyl (C=O) groups is 1. The standard InChI is InChI=1S/C14H23N5O2/c1-17(2)11-13-12-18(9-10-21-13)6-3-14(20)19(7-4-15)8-5-16/h13H,3,6-12H2,1-2H3. The number of hydrogen-bond donors (Lipinski definition) is 0. The second-order valence-electron chi connectivity index (χ2n) is 5.37. The van der Waals surface area contributed by atoms with Crippen LogP contribution in [0.2, 0.25) is 0 Å². The van der Waals surface area contributed by atoms with Gasteiger partial charge in [0.05, 0.1) is 24.8 Å². The molecule has 0 aromatic carbocycles. The van der Waals surface area contributed by atoms with Gasteiger partial charge in [0.25, 0.3) is 0 Å². The van der Waals surface area contributed by atoms with Crippen LogP contribution in [-0.4, -0.2) is 86.7 Å². The van der Waals surface area contributed by atoms with Crippen LogP contribution in [0.3, 0.4) is 0 Å². The second kappa shape index (κ2) is 9.30. The minimum absolute atomic E-state index is 0.0290. The largest absolute Gasteiger partial charge is 0.374 e. The third kappa shape index (κ3) is 6.54. The molecule has 0 saturated carbocycles. The van der Waals surface area contributed by atoms with Gasteiger partial charge in [-0.25, -0.2) is 0 Å². The van der Waals surface area contributed by atoms with Gasteiger partial charge in [0, 0.05) is 32.6 Å². The summed E-state index contributed by atoms with van der Waals surface area (Å²) in [5.41, 5.74) is 0. The molecule has 1 aliphatic heterocycles. The van der Waals surface area contributed by atoms with Gasteiger partial charge in [0.1, 0.15) is 13.1 Å². The molecule has 1 unspecified atom stereocenters. The third-order valence-electron chi connectivity index (χ3n) is 3.31. The Bertz CT molecular complexity index is 397. The van der Waals surface area contributed by atoms with E-state index in [-0.39, 0.29) is 25.1 Å². The van der Waals surface area contributed by atoms with E-state index in [4.69, 9.17) is 15.3 Å². The maximum absolute atomic E-state index is 12.0. The van der Waals surface area contributed by atoms with Crippen molar-refractivity contribution in [3.05, 3.63) is 0 Å². The van der Waals surface area contributed by atoms with E-state index in [2.05, 4.69) is 9.80 Å². The Morgan fingerprint density at radius 3 is 2.57 bits per heavy atom. The average molecular weight is 293 g/mol. The zero-order valence-electron chi connectivity index (χ0n) is 12.8. The molecule has 1 saturated heterocycles. The van der Waals surface area contributed by atoms with Crippen molar-refractivity contribution in [3.8, 4) is 12.1 Å². The molecule has 0 N–H and O–H groups in total. The number of hydrogen-bond acceptors (Lipinski definition) is 6. The van der Waals surface area contributed by atoms with Crippen LogP contribution in [0.4, 0.5) is 0 Å². The summed E-state index contributed by atoms with van der Waals surface area (Å²) in [5.74, 6) is -0.145. The number of likely N-dealkylation sites (N-methyl/N-ethyl adjacent to an activating group) is 1. The Kier molecular flexibility index (Phi) is 7.70. The summed E-state index contributed by atoms with van der Waals surface area (Å²) < 4.78 is 5.69. The zero-order chi connectivity index (χ0) is 15.7. The van der Waals surface area contributed by atoms with Gasteiger partial charge < -0.3 is 14.5 Å². The highest BCUT2D eigenvalue weighted by Crippen LogP contribution is 2.07. The van der Waals surface area contributed by atoms with Gasteiger partial charge in [0.2, 0.25) is 5.91 Å². The maximum Gasteiger partial charge on any atom is 0.225 e. The fourth-order valence-electron chi connectivity index (χ4n) is 2.32. The first kappa shape index (κ1) is 17.4. The third-order valence-corrected chi connectivity index (χ3v) is 3.31. The van der Waals surface area contributed by atoms with Gasteiger partial charge in [0.15, 0.2) is 0 Å². The summed E-state index contributed by atoms with van der Waals surface area (Å²) in [5, 5.41) is 17.3. The summed E-state index contributed by atoms with van der Waals surface area (Å²) in [6.07, 6.45) is 0.496. The molecule has 0 bridgehead atoms. The predicted octanol–water partition coefficient (Wildman–Crippen LogP) is -0.485. The fraction of sp³-hybridized carbons (Fsp3) is 0.786. The Morgan fingerprint density at radius 1 is 1.33 bits per heavy atom. The minimum Gasteiger partial charge on any atom is -0.374 e. The van der Waals surface area contributed by atoms with E-state index >= 15 is 0 Å². The number of carbonyl (C=O) groups excluding carboxylic acids is 1. The lowest BCUT2D eigenvalue weighted by atomic mass is 10.2. The number of morpholine rings is 1. The highest BCUT2D eigenvalue weighted by Gasteiger charge is 2.22. The van der Waals surface area contributed by atoms with E-state index in [1.807, 2.05) is 26.2 Å². The molecule has 1 amide bonds. The minimum atomic E-state index is -0.145. The van der Waals surface area contributed by atoms with Crippen LogP contribution in [0, 0.1) is 22.7 Å². The first-order chi connectivity index (χ1) is 10.1. The SMILES string of the molecule is CN(C)CC1CN(CCC(=O)N(CC#N)CC#N)CCO1. The lowest BCUT2D eigenvalue weighted by Crippen LogP contribution is -2.47. The molecule has 1 fully saturated rings. The van der Waals surface area contributed by atoms with E-state index in [0.29, 0.717) is 19.6 Å². The van der Waals surface area contributed by atoms with Crippen LogP contribution in [0.1, 0.15) is 6.42 Å². The summed E-state index contributed by atoms with van der Waals surface area (Å²) in [4.78, 5) is 17.6. The van der Waals surface area contributed by atoms with Crippen molar-refractivity contribution >= 4 is 5.91 Å². The van der Waals surface area contributed by atoms with E-state index in [1.165, 1.54) is 4.90 Å². The van der Waals surface area contributed by atoms with Gasteiger partial charge in [-0.2, -0.15) is 10.5 Å².